The normalized spacial score (nSPS) is 12.2. The van der Waals surface area contributed by atoms with Crippen molar-refractivity contribution in [2.45, 2.75) is 19.9 Å². The van der Waals surface area contributed by atoms with Crippen LogP contribution in [0, 0.1) is 9.49 Å². The molecule has 92 valence electrons. The molecule has 0 aliphatic heterocycles. The van der Waals surface area contributed by atoms with E-state index in [4.69, 9.17) is 5.11 Å². The van der Waals surface area contributed by atoms with E-state index in [2.05, 4.69) is 27.9 Å². The van der Waals surface area contributed by atoms with Crippen molar-refractivity contribution < 1.29 is 14.7 Å². The van der Waals surface area contributed by atoms with E-state index in [0.717, 1.165) is 3.57 Å². The Hall–Kier alpha value is -1.11. The highest BCUT2D eigenvalue weighted by Crippen LogP contribution is 2.08. The average Bonchev–Trinajstić information content (AvgIpc) is 2.25. The van der Waals surface area contributed by atoms with E-state index in [1.54, 1.807) is 38.1 Å². The van der Waals surface area contributed by atoms with Gasteiger partial charge in [0.15, 0.2) is 0 Å². The number of carboxylic acids is 1. The summed E-state index contributed by atoms with van der Waals surface area (Å²) in [6.45, 7) is 3.51. The number of amides is 1. The summed E-state index contributed by atoms with van der Waals surface area (Å²) in [5.41, 5.74) is 0.470. The number of benzene rings is 1. The van der Waals surface area contributed by atoms with Gasteiger partial charge in [0.05, 0.1) is 0 Å². The third kappa shape index (κ3) is 3.99. The van der Waals surface area contributed by atoms with Crippen LogP contribution in [-0.2, 0) is 4.79 Å². The summed E-state index contributed by atoms with van der Waals surface area (Å²) in [7, 11) is 0. The first-order valence-electron chi connectivity index (χ1n) is 5.21. The lowest BCUT2D eigenvalue weighted by Gasteiger charge is -2.17. The largest absolute Gasteiger partial charge is 0.480 e. The molecule has 5 heteroatoms. The zero-order valence-electron chi connectivity index (χ0n) is 9.61. The van der Waals surface area contributed by atoms with E-state index < -0.39 is 12.0 Å². The second kappa shape index (κ2) is 6.00. The molecule has 1 rings (SSSR count). The molecular formula is C12H14INO3. The van der Waals surface area contributed by atoms with Crippen molar-refractivity contribution in [3.63, 3.8) is 0 Å². The SMILES string of the molecule is CC(C)[C@H](NC(=O)c1ccc(I)cc1)C(=O)O. The first kappa shape index (κ1) is 14.0. The number of carboxylic acid groups (broad SMARTS) is 1. The number of carbonyl (C=O) groups excluding carboxylic acids is 1. The Morgan fingerprint density at radius 2 is 1.76 bits per heavy atom. The lowest BCUT2D eigenvalue weighted by molar-refractivity contribution is -0.140. The molecule has 0 spiro atoms. The topological polar surface area (TPSA) is 66.4 Å². The van der Waals surface area contributed by atoms with Gasteiger partial charge in [0, 0.05) is 9.13 Å². The van der Waals surface area contributed by atoms with Gasteiger partial charge in [-0.3, -0.25) is 4.79 Å². The van der Waals surface area contributed by atoms with Gasteiger partial charge in [-0.2, -0.15) is 0 Å². The van der Waals surface area contributed by atoms with Gasteiger partial charge in [0.2, 0.25) is 0 Å². The van der Waals surface area contributed by atoms with Crippen LogP contribution in [0.1, 0.15) is 24.2 Å². The smallest absolute Gasteiger partial charge is 0.326 e. The van der Waals surface area contributed by atoms with Crippen LogP contribution >= 0.6 is 22.6 Å². The molecule has 0 unspecified atom stereocenters. The number of rotatable bonds is 4. The molecule has 0 aliphatic carbocycles. The summed E-state index contributed by atoms with van der Waals surface area (Å²) < 4.78 is 1.03. The van der Waals surface area contributed by atoms with Crippen LogP contribution in [0.25, 0.3) is 0 Å². The van der Waals surface area contributed by atoms with Gasteiger partial charge in [-0.1, -0.05) is 13.8 Å². The molecule has 0 bridgehead atoms. The standard InChI is InChI=1S/C12H14INO3/c1-7(2)10(12(16)17)14-11(15)8-3-5-9(13)6-4-8/h3-7,10H,1-2H3,(H,14,15)(H,16,17)/t10-/m0/s1. The average molecular weight is 347 g/mol. The highest BCUT2D eigenvalue weighted by Gasteiger charge is 2.23. The van der Waals surface area contributed by atoms with E-state index >= 15 is 0 Å². The second-order valence-electron chi connectivity index (χ2n) is 4.04. The summed E-state index contributed by atoms with van der Waals surface area (Å²) >= 11 is 2.14. The fourth-order valence-electron chi connectivity index (χ4n) is 1.34. The molecular weight excluding hydrogens is 333 g/mol. The van der Waals surface area contributed by atoms with Crippen molar-refractivity contribution in [1.29, 1.82) is 0 Å². The first-order chi connectivity index (χ1) is 7.91. The third-order valence-corrected chi connectivity index (χ3v) is 3.04. The van der Waals surface area contributed by atoms with Crippen molar-refractivity contribution in [3.8, 4) is 0 Å². The molecule has 0 saturated heterocycles. The molecule has 0 heterocycles. The molecule has 1 aromatic carbocycles. The lowest BCUT2D eigenvalue weighted by Crippen LogP contribution is -2.44. The molecule has 0 aliphatic rings. The number of hydrogen-bond donors (Lipinski definition) is 2. The van der Waals surface area contributed by atoms with Gasteiger partial charge in [-0.25, -0.2) is 4.79 Å². The van der Waals surface area contributed by atoms with Gasteiger partial charge >= 0.3 is 5.97 Å². The first-order valence-corrected chi connectivity index (χ1v) is 6.29. The fraction of sp³-hybridized carbons (Fsp3) is 0.333. The molecule has 17 heavy (non-hydrogen) atoms. The van der Waals surface area contributed by atoms with E-state index in [1.165, 1.54) is 0 Å². The van der Waals surface area contributed by atoms with Crippen LogP contribution < -0.4 is 5.32 Å². The Kier molecular flexibility index (Phi) is 4.92. The van der Waals surface area contributed by atoms with Crippen molar-refractivity contribution in [2.24, 2.45) is 5.92 Å². The van der Waals surface area contributed by atoms with Crippen molar-refractivity contribution in [1.82, 2.24) is 5.32 Å². The predicted octanol–water partition coefficient (Wildman–Crippen LogP) is 2.13. The van der Waals surface area contributed by atoms with E-state index in [9.17, 15) is 9.59 Å². The van der Waals surface area contributed by atoms with Crippen LogP contribution in [0.2, 0.25) is 0 Å². The molecule has 0 fully saturated rings. The Morgan fingerprint density at radius 1 is 1.24 bits per heavy atom. The minimum Gasteiger partial charge on any atom is -0.480 e. The van der Waals surface area contributed by atoms with Crippen molar-refractivity contribution in [2.75, 3.05) is 0 Å². The van der Waals surface area contributed by atoms with Crippen molar-refractivity contribution in [3.05, 3.63) is 33.4 Å². The molecule has 1 aromatic rings. The summed E-state index contributed by atoms with van der Waals surface area (Å²) in [6.07, 6.45) is 0. The maximum Gasteiger partial charge on any atom is 0.326 e. The monoisotopic (exact) mass is 347 g/mol. The Morgan fingerprint density at radius 3 is 2.18 bits per heavy atom. The number of aliphatic carboxylic acids is 1. The minimum absolute atomic E-state index is 0.153. The van der Waals surface area contributed by atoms with Gasteiger partial charge < -0.3 is 10.4 Å². The van der Waals surface area contributed by atoms with Gasteiger partial charge in [0.25, 0.3) is 5.91 Å². The molecule has 0 aromatic heterocycles. The molecule has 0 saturated carbocycles. The van der Waals surface area contributed by atoms with E-state index in [-0.39, 0.29) is 11.8 Å². The zero-order valence-corrected chi connectivity index (χ0v) is 11.8. The minimum atomic E-state index is -1.01. The second-order valence-corrected chi connectivity index (χ2v) is 5.29. The maximum absolute atomic E-state index is 11.8. The maximum atomic E-state index is 11.8. The van der Waals surface area contributed by atoms with E-state index in [0.29, 0.717) is 5.56 Å². The van der Waals surface area contributed by atoms with Crippen LogP contribution in [0.15, 0.2) is 24.3 Å². The molecule has 1 amide bonds. The Balaban J connectivity index is 2.77. The predicted molar refractivity (Wildman–Crippen MR) is 72.9 cm³/mol. The number of carbonyl (C=O) groups is 2. The van der Waals surface area contributed by atoms with Crippen LogP contribution in [0.3, 0.4) is 0 Å². The molecule has 1 atom stereocenters. The molecule has 0 radical (unpaired) electrons. The van der Waals surface area contributed by atoms with Gasteiger partial charge in [-0.15, -0.1) is 0 Å². The van der Waals surface area contributed by atoms with Gasteiger partial charge in [-0.05, 0) is 52.8 Å². The fourth-order valence-corrected chi connectivity index (χ4v) is 1.70. The molecule has 2 N–H and O–H groups in total. The summed E-state index contributed by atoms with van der Waals surface area (Å²) in [4.78, 5) is 22.7. The summed E-state index contributed by atoms with van der Waals surface area (Å²) in [6, 6.07) is 6.11. The summed E-state index contributed by atoms with van der Waals surface area (Å²) in [5, 5.41) is 11.5. The highest BCUT2D eigenvalue weighted by atomic mass is 127. The lowest BCUT2D eigenvalue weighted by atomic mass is 10.0. The van der Waals surface area contributed by atoms with Crippen molar-refractivity contribution >= 4 is 34.5 Å². The van der Waals surface area contributed by atoms with E-state index in [1.807, 2.05) is 0 Å². The van der Waals surface area contributed by atoms with Gasteiger partial charge in [0.1, 0.15) is 6.04 Å². The van der Waals surface area contributed by atoms with Crippen LogP contribution in [-0.4, -0.2) is 23.0 Å². The number of halogens is 1. The molecule has 4 nitrogen and oxygen atoms in total. The quantitative estimate of drug-likeness (QED) is 0.820. The highest BCUT2D eigenvalue weighted by molar-refractivity contribution is 14.1. The summed E-state index contributed by atoms with van der Waals surface area (Å²) in [5.74, 6) is -1.53. The number of nitrogens with one attached hydrogen (secondary N) is 1. The van der Waals surface area contributed by atoms with Crippen LogP contribution in [0.4, 0.5) is 0 Å². The van der Waals surface area contributed by atoms with Crippen LogP contribution in [0.5, 0.6) is 0 Å². The third-order valence-electron chi connectivity index (χ3n) is 2.33. The Bertz CT molecular complexity index is 414. The number of hydrogen-bond acceptors (Lipinski definition) is 2. The zero-order chi connectivity index (χ0) is 13.0. The Labute approximate surface area is 114 Å².